The monoisotopic (exact) mass is 339 g/mol. The molecule has 2 rings (SSSR count). The third-order valence-electron chi connectivity index (χ3n) is 3.29. The van der Waals surface area contributed by atoms with E-state index >= 15 is 0 Å². The fraction of sp³-hybridized carbons (Fsp3) is 0.188. The Bertz CT molecular complexity index is 768. The summed E-state index contributed by atoms with van der Waals surface area (Å²) in [6.45, 7) is 1.69. The smallest absolute Gasteiger partial charge is 0.406 e. The van der Waals surface area contributed by atoms with Crippen LogP contribution in [-0.2, 0) is 4.74 Å². The second-order valence-electron chi connectivity index (χ2n) is 5.04. The summed E-state index contributed by atoms with van der Waals surface area (Å²) in [5.41, 5.74) is 5.27. The normalized spacial score (nSPS) is 11.9. The van der Waals surface area contributed by atoms with E-state index in [0.29, 0.717) is 5.56 Å². The number of hydrogen-bond donors (Lipinski definition) is 3. The van der Waals surface area contributed by atoms with Gasteiger partial charge in [0.2, 0.25) is 0 Å². The van der Waals surface area contributed by atoms with E-state index in [1.54, 1.807) is 13.0 Å². The zero-order valence-corrected chi connectivity index (χ0v) is 13.0. The first-order chi connectivity index (χ1) is 11.3. The third kappa shape index (κ3) is 3.77. The van der Waals surface area contributed by atoms with Crippen LogP contribution in [0.25, 0.3) is 0 Å². The molecule has 8 heteroatoms. The lowest BCUT2D eigenvalue weighted by molar-refractivity contribution is 0.0910. The van der Waals surface area contributed by atoms with Crippen molar-refractivity contribution >= 4 is 17.5 Å². The molecule has 5 nitrogen and oxygen atoms in total. The Labute approximate surface area is 136 Å². The summed E-state index contributed by atoms with van der Waals surface area (Å²) in [6, 6.07) is 6.32. The molecule has 24 heavy (non-hydrogen) atoms. The van der Waals surface area contributed by atoms with Crippen LogP contribution in [0.1, 0.15) is 17.4 Å². The highest BCUT2D eigenvalue weighted by Gasteiger charge is 2.23. The molecule has 1 atom stereocenters. The molecule has 2 aromatic carbocycles. The number of ether oxygens (including phenoxy) is 1. The Morgan fingerprint density at radius 1 is 1.17 bits per heavy atom. The number of benzene rings is 2. The first-order valence-electron chi connectivity index (χ1n) is 6.98. The number of anilines is 2. The predicted molar refractivity (Wildman–Crippen MR) is 83.2 cm³/mol. The van der Waals surface area contributed by atoms with Crippen LogP contribution >= 0.6 is 0 Å². The van der Waals surface area contributed by atoms with Gasteiger partial charge in [-0.3, -0.25) is 5.32 Å². The molecule has 0 spiro atoms. The first kappa shape index (κ1) is 17.6. The summed E-state index contributed by atoms with van der Waals surface area (Å²) >= 11 is 0. The van der Waals surface area contributed by atoms with Gasteiger partial charge in [-0.05, 0) is 43.8 Å². The number of aryl methyl sites for hydroxylation is 1. The van der Waals surface area contributed by atoms with Crippen LogP contribution < -0.4 is 16.4 Å². The van der Waals surface area contributed by atoms with Gasteiger partial charge >= 0.3 is 6.09 Å². The fourth-order valence-corrected chi connectivity index (χ4v) is 2.16. The zero-order chi connectivity index (χ0) is 17.9. The average Bonchev–Trinajstić information content (AvgIpc) is 2.52. The van der Waals surface area contributed by atoms with Crippen LogP contribution in [0, 0.1) is 24.4 Å². The van der Waals surface area contributed by atoms with E-state index in [-0.39, 0.29) is 16.9 Å². The summed E-state index contributed by atoms with van der Waals surface area (Å²) < 4.78 is 46.6. The van der Waals surface area contributed by atoms with Crippen LogP contribution in [0.15, 0.2) is 30.3 Å². The van der Waals surface area contributed by atoms with Gasteiger partial charge in [0.25, 0.3) is 0 Å². The number of amides is 1. The van der Waals surface area contributed by atoms with Gasteiger partial charge in [-0.2, -0.15) is 0 Å². The van der Waals surface area contributed by atoms with Gasteiger partial charge in [0.05, 0.1) is 11.4 Å². The Morgan fingerprint density at radius 3 is 2.46 bits per heavy atom. The molecule has 1 unspecified atom stereocenters. The second-order valence-corrected chi connectivity index (χ2v) is 5.04. The molecular formula is C16H16F3N3O2. The number of halogens is 3. The fourth-order valence-electron chi connectivity index (χ4n) is 2.16. The number of nitrogens with two attached hydrogens (primary N) is 1. The van der Waals surface area contributed by atoms with Gasteiger partial charge in [-0.25, -0.2) is 18.0 Å². The van der Waals surface area contributed by atoms with Crippen LogP contribution in [-0.4, -0.2) is 13.1 Å². The van der Waals surface area contributed by atoms with Crippen LogP contribution in [0.4, 0.5) is 29.3 Å². The minimum absolute atomic E-state index is 0.0511. The molecule has 0 radical (unpaired) electrons. The second kappa shape index (κ2) is 7.22. The summed E-state index contributed by atoms with van der Waals surface area (Å²) in [5.74, 6) is -3.01. The molecule has 0 fully saturated rings. The van der Waals surface area contributed by atoms with Gasteiger partial charge in [-0.1, -0.05) is 6.07 Å². The van der Waals surface area contributed by atoms with Crippen molar-refractivity contribution in [3.63, 3.8) is 0 Å². The van der Waals surface area contributed by atoms with Crippen molar-refractivity contribution in [1.29, 1.82) is 0 Å². The zero-order valence-electron chi connectivity index (χ0n) is 13.0. The Hall–Kier alpha value is -2.74. The summed E-state index contributed by atoms with van der Waals surface area (Å²) in [6.07, 6.45) is -2.25. The first-order valence-corrected chi connectivity index (χ1v) is 6.98. The molecule has 128 valence electrons. The largest absolute Gasteiger partial charge is 0.426 e. The van der Waals surface area contributed by atoms with E-state index in [1.807, 2.05) is 0 Å². The number of carbonyl (C=O) groups excluding carboxylic acids is 1. The highest BCUT2D eigenvalue weighted by Crippen LogP contribution is 2.32. The predicted octanol–water partition coefficient (Wildman–Crippen LogP) is 3.47. The van der Waals surface area contributed by atoms with Crippen molar-refractivity contribution in [1.82, 2.24) is 5.32 Å². The Balaban J connectivity index is 2.50. The third-order valence-corrected chi connectivity index (χ3v) is 3.29. The van der Waals surface area contributed by atoms with Crippen molar-refractivity contribution in [2.45, 2.75) is 13.2 Å². The van der Waals surface area contributed by atoms with E-state index in [4.69, 9.17) is 10.5 Å². The van der Waals surface area contributed by atoms with Crippen LogP contribution in [0.5, 0.6) is 0 Å². The minimum Gasteiger partial charge on any atom is -0.426 e. The Kier molecular flexibility index (Phi) is 5.30. The molecule has 0 aliphatic heterocycles. The van der Waals surface area contributed by atoms with Crippen molar-refractivity contribution in [3.8, 4) is 0 Å². The molecule has 0 aromatic heterocycles. The van der Waals surface area contributed by atoms with Gasteiger partial charge in [0.1, 0.15) is 5.82 Å². The number of carbonyl (C=O) groups is 1. The van der Waals surface area contributed by atoms with E-state index in [1.165, 1.54) is 25.2 Å². The average molecular weight is 339 g/mol. The highest BCUT2D eigenvalue weighted by molar-refractivity contribution is 5.68. The van der Waals surface area contributed by atoms with Crippen molar-refractivity contribution in [2.75, 3.05) is 12.4 Å². The maximum Gasteiger partial charge on any atom is 0.406 e. The molecule has 0 saturated carbocycles. The lowest BCUT2D eigenvalue weighted by Gasteiger charge is -2.21. The molecule has 0 saturated heterocycles. The lowest BCUT2D eigenvalue weighted by Crippen LogP contribution is -2.27. The van der Waals surface area contributed by atoms with Crippen molar-refractivity contribution in [3.05, 3.63) is 58.9 Å². The topological polar surface area (TPSA) is 76.4 Å². The van der Waals surface area contributed by atoms with Gasteiger partial charge < -0.3 is 15.8 Å². The molecule has 4 N–H and O–H groups in total. The van der Waals surface area contributed by atoms with E-state index < -0.39 is 29.8 Å². The standard InChI is InChI=1S/C16H16F3N3O2/c1-8-3-6-12(11(18)7-8)22-14-9(4-5-10(17)13(14)19)15(21-2)24-16(20)23/h3-7,15,21-22H,1-2H3,(H2,20,23). The number of rotatable bonds is 5. The number of nitrogens with one attached hydrogen (secondary N) is 2. The van der Waals surface area contributed by atoms with E-state index in [9.17, 15) is 18.0 Å². The summed E-state index contributed by atoms with van der Waals surface area (Å²) in [5, 5.41) is 5.10. The molecule has 0 aliphatic carbocycles. The van der Waals surface area contributed by atoms with Crippen molar-refractivity contribution < 1.29 is 22.7 Å². The molecule has 0 bridgehead atoms. The maximum absolute atomic E-state index is 14.2. The molecular weight excluding hydrogens is 323 g/mol. The quantitative estimate of drug-likeness (QED) is 0.729. The maximum atomic E-state index is 14.2. The van der Waals surface area contributed by atoms with Gasteiger partial charge in [0, 0.05) is 5.56 Å². The van der Waals surface area contributed by atoms with Crippen molar-refractivity contribution in [2.24, 2.45) is 5.73 Å². The molecule has 0 aliphatic rings. The van der Waals surface area contributed by atoms with Crippen LogP contribution in [0.3, 0.4) is 0 Å². The highest BCUT2D eigenvalue weighted by atomic mass is 19.2. The lowest BCUT2D eigenvalue weighted by atomic mass is 10.1. The number of primary amides is 1. The summed E-state index contributed by atoms with van der Waals surface area (Å²) in [4.78, 5) is 11.0. The van der Waals surface area contributed by atoms with Gasteiger partial charge in [-0.15, -0.1) is 0 Å². The van der Waals surface area contributed by atoms with E-state index in [0.717, 1.165) is 6.07 Å². The van der Waals surface area contributed by atoms with Crippen LogP contribution in [0.2, 0.25) is 0 Å². The molecule has 2 aromatic rings. The van der Waals surface area contributed by atoms with E-state index in [2.05, 4.69) is 10.6 Å². The molecule has 0 heterocycles. The Morgan fingerprint density at radius 2 is 1.88 bits per heavy atom. The SMILES string of the molecule is CNC(OC(N)=O)c1ccc(F)c(F)c1Nc1ccc(C)cc1F. The van der Waals surface area contributed by atoms with Gasteiger partial charge in [0.15, 0.2) is 17.9 Å². The number of hydrogen-bond acceptors (Lipinski definition) is 4. The molecule has 1 amide bonds. The summed E-state index contributed by atoms with van der Waals surface area (Å²) in [7, 11) is 1.44. The minimum atomic E-state index is -1.24.